The average molecular weight is 1120 g/mol. The van der Waals surface area contributed by atoms with E-state index < -0.39 is 77.2 Å². The number of allylic oxidation sites excluding steroid dienone is 5. The van der Waals surface area contributed by atoms with Gasteiger partial charge in [0.1, 0.15) is 18.0 Å². The number of phenolic OH excluding ortho intramolecular Hbond substituents is 1. The Hall–Kier alpha value is -5.05. The Morgan fingerprint density at radius 2 is 1.77 bits per heavy atom. The number of nitrogens with one attached hydrogen (secondary N) is 2. The molecule has 1 spiro atoms. The lowest BCUT2D eigenvalue weighted by Gasteiger charge is -2.56. The third-order valence-corrected chi connectivity index (χ3v) is 20.3. The number of ketones is 1. The first-order chi connectivity index (χ1) is 37.6. The number of carbonyl (C=O) groups is 2. The number of β-amino-alcohol motifs (C(OH)–C–C–N with tert-alkyl or cyclic N) is 1. The highest BCUT2D eigenvalue weighted by atomic mass is 33.1. The van der Waals surface area contributed by atoms with Gasteiger partial charge in [0.25, 0.3) is 0 Å². The monoisotopic (exact) mass is 1120 g/mol. The predicted molar refractivity (Wildman–Crippen MR) is 315 cm³/mol. The largest absolute Gasteiger partial charge is 0.508 e. The summed E-state index contributed by atoms with van der Waals surface area (Å²) in [5, 5.41) is 89.3. The number of aliphatic hydroxyl groups excluding tert-OH is 5. The maximum Gasteiger partial charge on any atom is 0.243 e. The number of rotatable bonds is 11. The van der Waals surface area contributed by atoms with E-state index in [1.165, 1.54) is 0 Å². The number of phenols is 1. The van der Waals surface area contributed by atoms with Crippen molar-refractivity contribution in [3.8, 4) is 5.75 Å². The minimum atomic E-state index is -1.42. The van der Waals surface area contributed by atoms with Gasteiger partial charge in [-0.05, 0) is 159 Å². The van der Waals surface area contributed by atoms with Gasteiger partial charge in [0.15, 0.2) is 11.7 Å². The lowest BCUT2D eigenvalue weighted by molar-refractivity contribution is -0.168. The number of guanidine groups is 1. The zero-order valence-electron chi connectivity index (χ0n) is 46.0. The number of hydrogen-bond acceptors (Lipinski definition) is 14. The molecule has 13 atom stereocenters. The van der Waals surface area contributed by atoms with Gasteiger partial charge >= 0.3 is 0 Å². The molecule has 5 aliphatic rings. The number of Topliss-reactive ketones (excluding diaryl/α,β-unsaturated/α-hetero) is 1. The highest BCUT2D eigenvalue weighted by Gasteiger charge is 2.64. The van der Waals surface area contributed by atoms with E-state index >= 15 is 4.79 Å². The summed E-state index contributed by atoms with van der Waals surface area (Å²) in [7, 11) is 3.24. The number of aliphatic imine (C=N–C) groups is 1. The lowest BCUT2D eigenvalue weighted by Crippen LogP contribution is -2.59. The molecule has 3 aromatic carbocycles. The molecule has 3 aromatic rings. The van der Waals surface area contributed by atoms with Crippen LogP contribution in [0.25, 0.3) is 0 Å². The van der Waals surface area contributed by atoms with Crippen molar-refractivity contribution in [2.24, 2.45) is 45.4 Å². The zero-order chi connectivity index (χ0) is 56.9. The van der Waals surface area contributed by atoms with Crippen molar-refractivity contribution in [2.45, 2.75) is 145 Å². The fourth-order valence-electron chi connectivity index (χ4n) is 13.7. The quantitative estimate of drug-likeness (QED) is 0.0316. The van der Waals surface area contributed by atoms with Crippen molar-refractivity contribution < 1.29 is 45.3 Å². The molecule has 2 aliphatic carbocycles. The fraction of sp³-hybridized carbons (Fsp3) is 0.500. The van der Waals surface area contributed by atoms with Crippen LogP contribution in [-0.4, -0.2) is 109 Å². The summed E-state index contributed by atoms with van der Waals surface area (Å²) in [4.78, 5) is 34.4. The van der Waals surface area contributed by atoms with E-state index in [-0.39, 0.29) is 68.8 Å². The molecule has 8 rings (SSSR count). The van der Waals surface area contributed by atoms with Gasteiger partial charge < -0.3 is 58.3 Å². The molecule has 2 fully saturated rings. The van der Waals surface area contributed by atoms with Crippen LogP contribution in [0.4, 0.5) is 0 Å². The maximum absolute atomic E-state index is 15.5. The molecule has 79 heavy (non-hydrogen) atoms. The van der Waals surface area contributed by atoms with Crippen molar-refractivity contribution >= 4 is 39.2 Å². The number of nitrogens with two attached hydrogens (primary N) is 3. The Kier molecular flexibility index (Phi) is 19.6. The van der Waals surface area contributed by atoms with Crippen molar-refractivity contribution in [2.75, 3.05) is 25.4 Å². The van der Waals surface area contributed by atoms with Crippen LogP contribution in [0.3, 0.4) is 0 Å². The molecule has 3 aliphatic heterocycles. The van der Waals surface area contributed by atoms with Crippen molar-refractivity contribution in [1.82, 2.24) is 10.6 Å². The van der Waals surface area contributed by atoms with Gasteiger partial charge in [-0.1, -0.05) is 112 Å². The van der Waals surface area contributed by atoms with Crippen LogP contribution in [0, 0.1) is 23.2 Å². The molecule has 15 N–H and O–H groups in total. The molecule has 426 valence electrons. The van der Waals surface area contributed by atoms with Crippen LogP contribution in [0.5, 0.6) is 5.75 Å². The van der Waals surface area contributed by atoms with Gasteiger partial charge in [0.05, 0.1) is 36.6 Å². The van der Waals surface area contributed by atoms with Crippen LogP contribution < -0.4 is 27.8 Å². The Morgan fingerprint density at radius 3 is 2.49 bits per heavy atom. The van der Waals surface area contributed by atoms with E-state index in [4.69, 9.17) is 17.2 Å². The van der Waals surface area contributed by atoms with Gasteiger partial charge in [-0.25, -0.2) is 0 Å². The standard InChI is InChI=1S/C62H82N6O9S2/c1-34(2)12-21-51(72)35(3)8-6-11-40(31-69)45-23-25-62(57(45)75)50-20-18-43(71)27-37-9-7-10-39(26-37)49-33-79-78-32-41-15-19-46-55(47(41)28-52(73)36(4)44(50)22-24-61(62,5)77)56(59(76)68-58(46)63)66-30-53(74)54(49)48(29-67-60(64)65)38-13-16-42(70)17-14-38/h6-17,19,26,43,45,48-51,53-54,56-58,66,69-72,74-75,77H,3,18,20-25,27-33,63H2,1-2,4-5H3,(H,68,76)(H4,64,65,67)/b8-6+,40-11-,44-36+/t43-,45-,48-,49+,50-,51-,53+,54-,56+,57-,58-,61-,62-/m1/s1. The van der Waals surface area contributed by atoms with Crippen LogP contribution in [0.2, 0.25) is 0 Å². The van der Waals surface area contributed by atoms with Crippen LogP contribution in [0.15, 0.2) is 124 Å². The second kappa shape index (κ2) is 25.8. The highest BCUT2D eigenvalue weighted by molar-refractivity contribution is 8.76. The first-order valence-corrected chi connectivity index (χ1v) is 30.2. The summed E-state index contributed by atoms with van der Waals surface area (Å²) in [6.07, 6.45) is 4.96. The molecule has 0 unspecified atom stereocenters. The Labute approximate surface area is 473 Å². The molecular formula is C62H82N6O9S2. The van der Waals surface area contributed by atoms with E-state index in [2.05, 4.69) is 28.3 Å². The molecular weight excluding hydrogens is 1040 g/mol. The molecule has 0 aromatic heterocycles. The highest BCUT2D eigenvalue weighted by Crippen LogP contribution is 2.63. The van der Waals surface area contributed by atoms with Crippen molar-refractivity contribution in [1.29, 1.82) is 0 Å². The van der Waals surface area contributed by atoms with E-state index in [9.17, 15) is 40.5 Å². The first kappa shape index (κ1) is 60.1. The van der Waals surface area contributed by atoms with Gasteiger partial charge in [-0.2, -0.15) is 0 Å². The van der Waals surface area contributed by atoms with Gasteiger partial charge in [0.2, 0.25) is 5.91 Å². The second-order valence-corrected chi connectivity index (χ2v) is 25.6. The first-order valence-electron chi connectivity index (χ1n) is 27.7. The van der Waals surface area contributed by atoms with Crippen LogP contribution >= 0.6 is 21.6 Å². The van der Waals surface area contributed by atoms with Gasteiger partial charge in [-0.3, -0.25) is 19.9 Å². The third kappa shape index (κ3) is 13.0. The van der Waals surface area contributed by atoms with Crippen molar-refractivity contribution in [3.63, 3.8) is 0 Å². The number of benzene rings is 3. The Balaban J connectivity index is 1.26. The molecule has 0 saturated heterocycles. The topological polar surface area (TPSA) is 290 Å². The second-order valence-electron chi connectivity index (χ2n) is 23.0. The SMILES string of the molecule is C=C(/C=C/C=C(/CO)[C@H]1CC[C@@]2([C@@H]3CC[C@@H](O)Cc4cccc(c4)[C@@H]4CSSCc5ccc6c(c5CC(=O)/C(C)=C/3CC[C@@]2(C)O)[C@H](NC[C@H](O)[C@@H]4[C@H](CN=C(N)N)c2ccc(O)cc2)C(=O)N[C@H]6N)[C@@H]1O)[C@H](O)CC=C(C)C. The number of aliphatic hydroxyl groups is 6. The fourth-order valence-corrected chi connectivity index (χ4v) is 16.2. The van der Waals surface area contributed by atoms with Crippen molar-refractivity contribution in [3.05, 3.63) is 158 Å². The van der Waals surface area contributed by atoms with E-state index in [0.29, 0.717) is 77.0 Å². The van der Waals surface area contributed by atoms with Gasteiger partial charge in [0, 0.05) is 54.2 Å². The number of carbonyl (C=O) groups excluding carboxylic acids is 2. The summed E-state index contributed by atoms with van der Waals surface area (Å²) in [5.74, 6) is -2.24. The predicted octanol–water partition coefficient (Wildman–Crippen LogP) is 6.62. The third-order valence-electron chi connectivity index (χ3n) is 18.0. The van der Waals surface area contributed by atoms with E-state index in [1.807, 2.05) is 57.2 Å². The summed E-state index contributed by atoms with van der Waals surface area (Å²) in [5.41, 5.74) is 24.9. The van der Waals surface area contributed by atoms with E-state index in [0.717, 1.165) is 33.4 Å². The molecule has 15 nitrogen and oxygen atoms in total. The summed E-state index contributed by atoms with van der Waals surface area (Å²) in [6.45, 7) is 11.3. The molecule has 6 bridgehead atoms. The average Bonchev–Trinajstić information content (AvgIpc) is 3.76. The number of hydrogen-bond donors (Lipinski definition) is 12. The summed E-state index contributed by atoms with van der Waals surface area (Å²) in [6, 6.07) is 17.7. The Morgan fingerprint density at radius 1 is 1.01 bits per heavy atom. The molecule has 1 amide bonds. The number of nitrogens with zero attached hydrogens (tertiary/aromatic N) is 1. The number of aromatic hydroxyl groups is 1. The maximum atomic E-state index is 15.5. The Bertz CT molecular complexity index is 2880. The molecule has 2 saturated carbocycles. The normalized spacial score (nSPS) is 31.5. The number of amides is 1. The van der Waals surface area contributed by atoms with Gasteiger partial charge in [-0.15, -0.1) is 0 Å². The summed E-state index contributed by atoms with van der Waals surface area (Å²) < 4.78 is 0. The minimum Gasteiger partial charge on any atom is -0.508 e. The smallest absolute Gasteiger partial charge is 0.243 e. The lowest BCUT2D eigenvalue weighted by atomic mass is 9.52. The molecule has 3 heterocycles. The molecule has 17 heteroatoms. The summed E-state index contributed by atoms with van der Waals surface area (Å²) >= 11 is 0. The molecule has 0 radical (unpaired) electrons. The number of fused-ring (bicyclic) bond motifs is 9. The minimum absolute atomic E-state index is 0.0627. The van der Waals surface area contributed by atoms with Crippen LogP contribution in [0.1, 0.15) is 136 Å². The van der Waals surface area contributed by atoms with E-state index in [1.54, 1.807) is 71.0 Å². The zero-order valence-corrected chi connectivity index (χ0v) is 47.6. The van der Waals surface area contributed by atoms with Crippen LogP contribution in [-0.2, 0) is 28.2 Å².